The lowest BCUT2D eigenvalue weighted by Gasteiger charge is -2.22. The van der Waals surface area contributed by atoms with E-state index in [0.29, 0.717) is 0 Å². The minimum absolute atomic E-state index is 0. The molecule has 0 radical (unpaired) electrons. The molecule has 1 fully saturated rings. The van der Waals surface area contributed by atoms with Gasteiger partial charge in [-0.25, -0.2) is 0 Å². The number of nitrogens with one attached hydrogen (secondary N) is 2. The van der Waals surface area contributed by atoms with Crippen molar-refractivity contribution in [3.05, 3.63) is 20.8 Å². The zero-order valence-corrected chi connectivity index (χ0v) is 13.3. The van der Waals surface area contributed by atoms with Crippen molar-refractivity contribution in [3.63, 3.8) is 0 Å². The van der Waals surface area contributed by atoms with E-state index in [2.05, 4.69) is 26.6 Å². The van der Waals surface area contributed by atoms with Crippen molar-refractivity contribution in [1.82, 2.24) is 10.6 Å². The molecule has 0 aliphatic carbocycles. The number of piperidine rings is 1. The van der Waals surface area contributed by atoms with Gasteiger partial charge in [0.1, 0.15) is 0 Å². The minimum Gasteiger partial charge on any atom is -0.352 e. The van der Waals surface area contributed by atoms with Crippen molar-refractivity contribution in [2.45, 2.75) is 19.3 Å². The van der Waals surface area contributed by atoms with Crippen LogP contribution in [0, 0.1) is 5.92 Å². The second kappa shape index (κ2) is 8.15. The van der Waals surface area contributed by atoms with Gasteiger partial charge in [-0.2, -0.15) is 0 Å². The van der Waals surface area contributed by atoms with E-state index in [1.54, 1.807) is 11.3 Å². The maximum absolute atomic E-state index is 11.8. The van der Waals surface area contributed by atoms with E-state index < -0.39 is 0 Å². The monoisotopic (exact) mass is 352 g/mol. The van der Waals surface area contributed by atoms with Crippen molar-refractivity contribution in [3.8, 4) is 0 Å². The molecular weight excluding hydrogens is 336 g/mol. The summed E-state index contributed by atoms with van der Waals surface area (Å²) in [4.78, 5) is 11.8. The van der Waals surface area contributed by atoms with Crippen LogP contribution in [-0.2, 0) is 0 Å². The molecule has 0 spiro atoms. The third-order valence-corrected chi connectivity index (χ3v) is 4.57. The van der Waals surface area contributed by atoms with Gasteiger partial charge < -0.3 is 10.6 Å². The van der Waals surface area contributed by atoms with Gasteiger partial charge in [0.05, 0.1) is 9.35 Å². The summed E-state index contributed by atoms with van der Waals surface area (Å²) in [7, 11) is 0. The third kappa shape index (κ3) is 4.88. The largest absolute Gasteiger partial charge is 0.352 e. The van der Waals surface area contributed by atoms with Crippen LogP contribution in [0.25, 0.3) is 0 Å². The average molecular weight is 354 g/mol. The van der Waals surface area contributed by atoms with Gasteiger partial charge in [-0.05, 0) is 60.3 Å². The smallest absolute Gasteiger partial charge is 0.252 e. The Morgan fingerprint density at radius 3 is 3.06 bits per heavy atom. The molecular formula is C12H18BrClN2OS. The number of halogens is 2. The number of amides is 1. The highest BCUT2D eigenvalue weighted by atomic mass is 79.9. The van der Waals surface area contributed by atoms with E-state index >= 15 is 0 Å². The molecule has 1 aliphatic heterocycles. The standard InChI is InChI=1S/C12H17BrN2OS.ClH/c13-11-6-10(8-17-11)12(16)15-5-3-9-2-1-4-14-7-9;/h6,8-9,14H,1-5,7H2,(H,15,16);1H. The minimum atomic E-state index is 0. The van der Waals surface area contributed by atoms with Crippen LogP contribution in [0.4, 0.5) is 0 Å². The summed E-state index contributed by atoms with van der Waals surface area (Å²) in [6.07, 6.45) is 3.62. The van der Waals surface area contributed by atoms with Crippen molar-refractivity contribution in [2.24, 2.45) is 5.92 Å². The lowest BCUT2D eigenvalue weighted by Crippen LogP contribution is -2.33. The van der Waals surface area contributed by atoms with Crippen LogP contribution in [0.2, 0.25) is 0 Å². The fraction of sp³-hybridized carbons (Fsp3) is 0.583. The van der Waals surface area contributed by atoms with Gasteiger partial charge in [0.15, 0.2) is 0 Å². The van der Waals surface area contributed by atoms with Crippen LogP contribution in [0.15, 0.2) is 15.2 Å². The molecule has 0 saturated carbocycles. The number of hydrogen-bond acceptors (Lipinski definition) is 3. The molecule has 2 heterocycles. The second-order valence-electron chi connectivity index (χ2n) is 4.40. The van der Waals surface area contributed by atoms with Crippen LogP contribution in [-0.4, -0.2) is 25.5 Å². The Hall–Kier alpha value is -0.100. The molecule has 6 heteroatoms. The fourth-order valence-electron chi connectivity index (χ4n) is 2.09. The van der Waals surface area contributed by atoms with Gasteiger partial charge in [0, 0.05) is 11.9 Å². The molecule has 1 aromatic rings. The van der Waals surface area contributed by atoms with Gasteiger partial charge in [-0.3, -0.25) is 4.79 Å². The highest BCUT2D eigenvalue weighted by molar-refractivity contribution is 9.11. The van der Waals surface area contributed by atoms with Gasteiger partial charge in [-0.15, -0.1) is 23.7 Å². The van der Waals surface area contributed by atoms with Crippen molar-refractivity contribution >= 4 is 45.6 Å². The molecule has 18 heavy (non-hydrogen) atoms. The summed E-state index contributed by atoms with van der Waals surface area (Å²) in [6, 6.07) is 1.86. The summed E-state index contributed by atoms with van der Waals surface area (Å²) in [5.74, 6) is 0.758. The predicted octanol–water partition coefficient (Wildman–Crippen LogP) is 3.05. The lowest BCUT2D eigenvalue weighted by atomic mass is 9.96. The topological polar surface area (TPSA) is 41.1 Å². The normalized spacial score (nSPS) is 19.1. The molecule has 102 valence electrons. The lowest BCUT2D eigenvalue weighted by molar-refractivity contribution is 0.0951. The molecule has 0 aromatic carbocycles. The summed E-state index contributed by atoms with van der Waals surface area (Å²) in [5, 5.41) is 8.25. The zero-order chi connectivity index (χ0) is 12.1. The van der Waals surface area contributed by atoms with E-state index in [1.807, 2.05) is 11.4 Å². The Morgan fingerprint density at radius 2 is 2.44 bits per heavy atom. The van der Waals surface area contributed by atoms with Crippen LogP contribution in [0.5, 0.6) is 0 Å². The van der Waals surface area contributed by atoms with Crippen LogP contribution in [0.1, 0.15) is 29.6 Å². The van der Waals surface area contributed by atoms with Gasteiger partial charge in [0.2, 0.25) is 0 Å². The SMILES string of the molecule is Cl.O=C(NCCC1CCCNC1)c1csc(Br)c1. The summed E-state index contributed by atoms with van der Waals surface area (Å²) >= 11 is 4.90. The Kier molecular flexibility index (Phi) is 7.22. The van der Waals surface area contributed by atoms with Gasteiger partial charge >= 0.3 is 0 Å². The van der Waals surface area contributed by atoms with E-state index in [1.165, 1.54) is 12.8 Å². The van der Waals surface area contributed by atoms with Crippen LogP contribution >= 0.6 is 39.7 Å². The summed E-state index contributed by atoms with van der Waals surface area (Å²) in [6.45, 7) is 3.02. The second-order valence-corrected chi connectivity index (χ2v) is 6.69. The highest BCUT2D eigenvalue weighted by Gasteiger charge is 2.13. The maximum atomic E-state index is 11.8. The number of carbonyl (C=O) groups is 1. The van der Waals surface area contributed by atoms with E-state index in [0.717, 1.165) is 41.3 Å². The predicted molar refractivity (Wildman–Crippen MR) is 81.8 cm³/mol. The molecule has 2 rings (SSSR count). The molecule has 2 N–H and O–H groups in total. The molecule has 3 nitrogen and oxygen atoms in total. The maximum Gasteiger partial charge on any atom is 0.252 e. The average Bonchev–Trinajstić information content (AvgIpc) is 2.77. The molecule has 1 aromatic heterocycles. The van der Waals surface area contributed by atoms with Crippen molar-refractivity contribution in [2.75, 3.05) is 19.6 Å². The Morgan fingerprint density at radius 1 is 1.61 bits per heavy atom. The van der Waals surface area contributed by atoms with Crippen LogP contribution < -0.4 is 10.6 Å². The molecule has 0 bridgehead atoms. The fourth-order valence-corrected chi connectivity index (χ4v) is 3.23. The number of thiophene rings is 1. The number of rotatable bonds is 4. The zero-order valence-electron chi connectivity index (χ0n) is 10.1. The molecule has 1 unspecified atom stereocenters. The Labute approximate surface area is 126 Å². The summed E-state index contributed by atoms with van der Waals surface area (Å²) in [5.41, 5.74) is 0.753. The first kappa shape index (κ1) is 16.0. The Bertz CT molecular complexity index is 380. The van der Waals surface area contributed by atoms with E-state index in [4.69, 9.17) is 0 Å². The number of hydrogen-bond donors (Lipinski definition) is 2. The molecule has 1 atom stereocenters. The van der Waals surface area contributed by atoms with Gasteiger partial charge in [0.25, 0.3) is 5.91 Å². The molecule has 1 amide bonds. The van der Waals surface area contributed by atoms with Crippen LogP contribution in [0.3, 0.4) is 0 Å². The van der Waals surface area contributed by atoms with E-state index in [9.17, 15) is 4.79 Å². The highest BCUT2D eigenvalue weighted by Crippen LogP contribution is 2.20. The first-order valence-electron chi connectivity index (χ1n) is 5.98. The summed E-state index contributed by atoms with van der Waals surface area (Å²) < 4.78 is 0.999. The first-order valence-corrected chi connectivity index (χ1v) is 7.66. The quantitative estimate of drug-likeness (QED) is 0.873. The van der Waals surface area contributed by atoms with Gasteiger partial charge in [-0.1, -0.05) is 0 Å². The molecule has 1 saturated heterocycles. The molecule has 1 aliphatic rings. The van der Waals surface area contributed by atoms with E-state index in [-0.39, 0.29) is 18.3 Å². The van der Waals surface area contributed by atoms with Crippen molar-refractivity contribution < 1.29 is 4.79 Å². The first-order chi connectivity index (χ1) is 8.25. The third-order valence-electron chi connectivity index (χ3n) is 3.07. The number of carbonyl (C=O) groups excluding carboxylic acids is 1. The Balaban J connectivity index is 0.00000162. The van der Waals surface area contributed by atoms with Crippen molar-refractivity contribution in [1.29, 1.82) is 0 Å².